The number of halogens is 1. The van der Waals surface area contributed by atoms with Crippen LogP contribution in [0.15, 0.2) is 24.5 Å². The molecule has 9 heteroatoms. The van der Waals surface area contributed by atoms with E-state index in [1.54, 1.807) is 6.20 Å². The third-order valence-electron chi connectivity index (χ3n) is 4.13. The lowest BCUT2D eigenvalue weighted by molar-refractivity contribution is -0.386. The van der Waals surface area contributed by atoms with E-state index in [1.165, 1.54) is 13.2 Å². The van der Waals surface area contributed by atoms with Gasteiger partial charge in [-0.3, -0.25) is 10.1 Å². The topological polar surface area (TPSA) is 76.7 Å². The number of benzene rings is 1. The van der Waals surface area contributed by atoms with Gasteiger partial charge in [-0.2, -0.15) is 4.39 Å². The predicted octanol–water partition coefficient (Wildman–Crippen LogP) is 1.80. The van der Waals surface area contributed by atoms with Gasteiger partial charge in [0.25, 0.3) is 0 Å². The molecule has 1 aromatic heterocycles. The van der Waals surface area contributed by atoms with Crippen LogP contribution in [0.2, 0.25) is 0 Å². The maximum atomic E-state index is 14.1. The first-order valence-corrected chi connectivity index (χ1v) is 7.50. The second-order valence-corrected chi connectivity index (χ2v) is 5.55. The SMILES string of the molecule is COc1cc(F)c([N+](=O)[O-])c(N2CCN(c3nccn3C)CC2)c1. The first-order valence-electron chi connectivity index (χ1n) is 7.50. The van der Waals surface area contributed by atoms with Crippen molar-refractivity contribution >= 4 is 17.3 Å². The Morgan fingerprint density at radius 2 is 1.92 bits per heavy atom. The van der Waals surface area contributed by atoms with Crippen LogP contribution in [0.25, 0.3) is 0 Å². The molecule has 0 radical (unpaired) electrons. The third-order valence-corrected chi connectivity index (χ3v) is 4.13. The van der Waals surface area contributed by atoms with Gasteiger partial charge in [-0.05, 0) is 0 Å². The summed E-state index contributed by atoms with van der Waals surface area (Å²) in [6, 6.07) is 2.55. The fourth-order valence-corrected chi connectivity index (χ4v) is 2.91. The van der Waals surface area contributed by atoms with Crippen LogP contribution in [0.3, 0.4) is 0 Å². The molecule has 0 N–H and O–H groups in total. The number of aryl methyl sites for hydroxylation is 1. The van der Waals surface area contributed by atoms with Gasteiger partial charge in [-0.25, -0.2) is 4.98 Å². The minimum Gasteiger partial charge on any atom is -0.497 e. The monoisotopic (exact) mass is 335 g/mol. The zero-order valence-corrected chi connectivity index (χ0v) is 13.5. The second-order valence-electron chi connectivity index (χ2n) is 5.55. The molecule has 1 aliphatic rings. The Morgan fingerprint density at radius 3 is 2.46 bits per heavy atom. The summed E-state index contributed by atoms with van der Waals surface area (Å²) in [4.78, 5) is 18.8. The number of nitrogens with zero attached hydrogens (tertiary/aromatic N) is 5. The summed E-state index contributed by atoms with van der Waals surface area (Å²) < 4.78 is 21.0. The van der Waals surface area contributed by atoms with E-state index >= 15 is 0 Å². The number of aromatic nitrogens is 2. The van der Waals surface area contributed by atoms with Crippen molar-refractivity contribution in [1.82, 2.24) is 9.55 Å². The molecule has 8 nitrogen and oxygen atoms in total. The van der Waals surface area contributed by atoms with E-state index in [2.05, 4.69) is 9.88 Å². The van der Waals surface area contributed by atoms with E-state index in [0.29, 0.717) is 26.2 Å². The first-order chi connectivity index (χ1) is 11.5. The zero-order valence-electron chi connectivity index (χ0n) is 13.5. The van der Waals surface area contributed by atoms with E-state index in [-0.39, 0.29) is 11.4 Å². The largest absolute Gasteiger partial charge is 0.497 e. The molecule has 1 aromatic carbocycles. The lowest BCUT2D eigenvalue weighted by Crippen LogP contribution is -2.47. The molecule has 1 saturated heterocycles. The van der Waals surface area contributed by atoms with Gasteiger partial charge in [0.15, 0.2) is 0 Å². The van der Waals surface area contributed by atoms with Crippen LogP contribution in [-0.2, 0) is 7.05 Å². The molecule has 0 atom stereocenters. The highest BCUT2D eigenvalue weighted by Gasteiger charge is 2.29. The summed E-state index contributed by atoms with van der Waals surface area (Å²) in [5.74, 6) is 0.224. The number of piperazine rings is 1. The van der Waals surface area contributed by atoms with Crippen molar-refractivity contribution in [2.75, 3.05) is 43.1 Å². The van der Waals surface area contributed by atoms with Crippen LogP contribution >= 0.6 is 0 Å². The molecule has 1 fully saturated rings. The van der Waals surface area contributed by atoms with E-state index in [4.69, 9.17) is 4.74 Å². The number of nitro benzene ring substituents is 1. The fourth-order valence-electron chi connectivity index (χ4n) is 2.91. The lowest BCUT2D eigenvalue weighted by Gasteiger charge is -2.36. The lowest BCUT2D eigenvalue weighted by atomic mass is 10.2. The molecule has 0 unspecified atom stereocenters. The molecule has 1 aliphatic heterocycles. The highest BCUT2D eigenvalue weighted by molar-refractivity contribution is 5.67. The van der Waals surface area contributed by atoms with E-state index in [0.717, 1.165) is 12.0 Å². The third kappa shape index (κ3) is 2.84. The Kier molecular flexibility index (Phi) is 4.24. The number of hydrogen-bond acceptors (Lipinski definition) is 6. The molecule has 0 spiro atoms. The highest BCUT2D eigenvalue weighted by Crippen LogP contribution is 2.35. The van der Waals surface area contributed by atoms with Gasteiger partial charge in [0.2, 0.25) is 11.8 Å². The number of nitro groups is 1. The molecule has 0 amide bonds. The van der Waals surface area contributed by atoms with Crippen LogP contribution < -0.4 is 14.5 Å². The van der Waals surface area contributed by atoms with Crippen LogP contribution in [0.4, 0.5) is 21.7 Å². The average molecular weight is 335 g/mol. The van der Waals surface area contributed by atoms with Gasteiger partial charge in [-0.1, -0.05) is 0 Å². The van der Waals surface area contributed by atoms with Gasteiger partial charge in [0.1, 0.15) is 11.4 Å². The average Bonchev–Trinajstić information content (AvgIpc) is 2.99. The molecular formula is C15H18FN5O3. The van der Waals surface area contributed by atoms with Crippen molar-refractivity contribution in [3.63, 3.8) is 0 Å². The first kappa shape index (κ1) is 16.0. The summed E-state index contributed by atoms with van der Waals surface area (Å²) in [7, 11) is 3.32. The molecule has 0 bridgehead atoms. The van der Waals surface area contributed by atoms with Gasteiger partial charge < -0.3 is 19.1 Å². The van der Waals surface area contributed by atoms with Crippen LogP contribution in [0.1, 0.15) is 0 Å². The van der Waals surface area contributed by atoms with E-state index in [9.17, 15) is 14.5 Å². The van der Waals surface area contributed by atoms with Crippen LogP contribution in [0.5, 0.6) is 5.75 Å². The Morgan fingerprint density at radius 1 is 1.25 bits per heavy atom. The molecular weight excluding hydrogens is 317 g/mol. The number of hydrogen-bond donors (Lipinski definition) is 0. The number of rotatable bonds is 4. The van der Waals surface area contributed by atoms with Gasteiger partial charge in [-0.15, -0.1) is 0 Å². The minimum absolute atomic E-state index is 0.247. The highest BCUT2D eigenvalue weighted by atomic mass is 19.1. The quantitative estimate of drug-likeness (QED) is 0.626. The van der Waals surface area contributed by atoms with Crippen molar-refractivity contribution in [3.05, 3.63) is 40.5 Å². The second kappa shape index (κ2) is 6.34. The van der Waals surface area contributed by atoms with Crippen molar-refractivity contribution in [1.29, 1.82) is 0 Å². The molecule has 2 aromatic rings. The predicted molar refractivity (Wildman–Crippen MR) is 87.2 cm³/mol. The van der Waals surface area contributed by atoms with Gasteiger partial charge in [0, 0.05) is 57.8 Å². The molecule has 3 rings (SSSR count). The maximum absolute atomic E-state index is 14.1. The molecule has 0 aliphatic carbocycles. The Labute approximate surface area is 138 Å². The standard InChI is InChI=1S/C15H18FN5O3/c1-18-4-3-17-15(18)20-7-5-19(6-8-20)13-10-11(24-2)9-12(16)14(13)21(22)23/h3-4,9-10H,5-8H2,1-2H3. The van der Waals surface area contributed by atoms with Crippen molar-refractivity contribution < 1.29 is 14.1 Å². The molecule has 0 saturated carbocycles. The minimum atomic E-state index is -0.888. The summed E-state index contributed by atoms with van der Waals surface area (Å²) in [6.45, 7) is 2.34. The zero-order chi connectivity index (χ0) is 17.3. The number of imidazole rings is 1. The van der Waals surface area contributed by atoms with Crippen LogP contribution in [-0.4, -0.2) is 47.8 Å². The molecule has 24 heavy (non-hydrogen) atoms. The van der Waals surface area contributed by atoms with Crippen molar-refractivity contribution in [3.8, 4) is 5.75 Å². The van der Waals surface area contributed by atoms with Crippen molar-refractivity contribution in [2.45, 2.75) is 0 Å². The maximum Gasteiger partial charge on any atom is 0.328 e. The number of methoxy groups -OCH3 is 1. The fraction of sp³-hybridized carbons (Fsp3) is 0.400. The summed E-state index contributed by atoms with van der Waals surface area (Å²) in [5.41, 5.74) is -0.266. The Hall–Kier alpha value is -2.84. The van der Waals surface area contributed by atoms with Crippen molar-refractivity contribution in [2.24, 2.45) is 7.05 Å². The summed E-state index contributed by atoms with van der Waals surface area (Å²) >= 11 is 0. The van der Waals surface area contributed by atoms with E-state index < -0.39 is 16.4 Å². The summed E-state index contributed by atoms with van der Waals surface area (Å²) in [6.07, 6.45) is 3.59. The van der Waals surface area contributed by atoms with Crippen LogP contribution in [0, 0.1) is 15.9 Å². The van der Waals surface area contributed by atoms with Gasteiger partial charge >= 0.3 is 5.69 Å². The number of ether oxygens (including phenoxy) is 1. The molecule has 2 heterocycles. The Bertz CT molecular complexity index is 756. The normalized spacial score (nSPS) is 14.8. The smallest absolute Gasteiger partial charge is 0.328 e. The summed E-state index contributed by atoms with van der Waals surface area (Å²) in [5, 5.41) is 11.3. The molecule has 128 valence electrons. The number of anilines is 2. The van der Waals surface area contributed by atoms with E-state index in [1.807, 2.05) is 22.7 Å². The van der Waals surface area contributed by atoms with Gasteiger partial charge in [0.05, 0.1) is 12.0 Å². The Balaban J connectivity index is 1.85.